The van der Waals surface area contributed by atoms with Crippen molar-refractivity contribution >= 4 is 15.9 Å². The van der Waals surface area contributed by atoms with Crippen LogP contribution in [-0.4, -0.2) is 50.1 Å². The van der Waals surface area contributed by atoms with Gasteiger partial charge in [0.15, 0.2) is 21.3 Å². The van der Waals surface area contributed by atoms with Gasteiger partial charge in [0.2, 0.25) is 0 Å². The minimum Gasteiger partial charge on any atom is -0.448 e. The fraction of sp³-hybridized carbons (Fsp3) is 0.435. The van der Waals surface area contributed by atoms with Gasteiger partial charge in [0.1, 0.15) is 11.4 Å². The highest BCUT2D eigenvalue weighted by atomic mass is 32.2. The fourth-order valence-corrected chi connectivity index (χ4v) is 4.42. The number of nitrogens with zero attached hydrogens (tertiary/aromatic N) is 1. The number of likely N-dealkylation sites (tertiary alicyclic amines) is 1. The summed E-state index contributed by atoms with van der Waals surface area (Å²) in [6, 6.07) is 8.94. The van der Waals surface area contributed by atoms with Gasteiger partial charge < -0.3 is 19.1 Å². The quantitative estimate of drug-likeness (QED) is 0.657. The van der Waals surface area contributed by atoms with Gasteiger partial charge in [-0.15, -0.1) is 0 Å². The van der Waals surface area contributed by atoms with Crippen molar-refractivity contribution in [2.24, 2.45) is 0 Å². The first-order valence-corrected chi connectivity index (χ1v) is 12.2. The number of hydrogen-bond acceptors (Lipinski definition) is 6. The van der Waals surface area contributed by atoms with Crippen LogP contribution in [0.3, 0.4) is 0 Å². The van der Waals surface area contributed by atoms with Crippen molar-refractivity contribution in [3.05, 3.63) is 42.2 Å². The molecule has 0 atom stereocenters. The molecule has 0 bridgehead atoms. The topological polar surface area (TPSA) is 82.1 Å². The zero-order valence-corrected chi connectivity index (χ0v) is 19.3. The number of carbonyl (C=O) groups excluding carboxylic acids is 1. The molecule has 1 fully saturated rings. The molecule has 0 unspecified atom stereocenters. The summed E-state index contributed by atoms with van der Waals surface area (Å²) in [5.74, 6) is -0.474. The van der Waals surface area contributed by atoms with Crippen molar-refractivity contribution in [2.75, 3.05) is 19.3 Å². The van der Waals surface area contributed by atoms with E-state index in [1.165, 1.54) is 12.1 Å². The van der Waals surface area contributed by atoms with E-state index in [4.69, 9.17) is 14.2 Å². The van der Waals surface area contributed by atoms with Gasteiger partial charge in [-0.2, -0.15) is 0 Å². The molecule has 7 nitrogen and oxygen atoms in total. The van der Waals surface area contributed by atoms with Crippen LogP contribution in [0, 0.1) is 5.82 Å². The molecular formula is C23H26FNO6S. The molecule has 9 heteroatoms. The van der Waals surface area contributed by atoms with Gasteiger partial charge in [-0.05, 0) is 50.6 Å². The Morgan fingerprint density at radius 1 is 1.06 bits per heavy atom. The highest BCUT2D eigenvalue weighted by molar-refractivity contribution is 7.90. The van der Waals surface area contributed by atoms with Gasteiger partial charge in [-0.25, -0.2) is 17.6 Å². The lowest BCUT2D eigenvalue weighted by molar-refractivity contribution is -0.117. The average Bonchev–Trinajstić information content (AvgIpc) is 3.03. The normalized spacial score (nSPS) is 17.5. The van der Waals surface area contributed by atoms with Crippen molar-refractivity contribution in [3.63, 3.8) is 0 Å². The molecule has 2 aliphatic heterocycles. The lowest BCUT2D eigenvalue weighted by atomic mass is 10.0. The van der Waals surface area contributed by atoms with Crippen LogP contribution in [0.2, 0.25) is 0 Å². The van der Waals surface area contributed by atoms with Gasteiger partial charge in [-0.3, -0.25) is 0 Å². The first kappa shape index (κ1) is 22.4. The van der Waals surface area contributed by atoms with Gasteiger partial charge in [0, 0.05) is 37.8 Å². The summed E-state index contributed by atoms with van der Waals surface area (Å²) in [7, 11) is -3.50. The molecule has 2 aromatic carbocycles. The molecule has 1 saturated heterocycles. The Morgan fingerprint density at radius 2 is 1.72 bits per heavy atom. The summed E-state index contributed by atoms with van der Waals surface area (Å²) in [4.78, 5) is 13.9. The number of rotatable bonds is 2. The summed E-state index contributed by atoms with van der Waals surface area (Å²) in [5.41, 5.74) is 0.256. The van der Waals surface area contributed by atoms with E-state index in [1.54, 1.807) is 23.1 Å². The van der Waals surface area contributed by atoms with Gasteiger partial charge >= 0.3 is 6.09 Å². The highest BCUT2D eigenvalue weighted by Crippen LogP contribution is 2.45. The van der Waals surface area contributed by atoms with E-state index in [0.717, 1.165) is 12.3 Å². The van der Waals surface area contributed by atoms with E-state index >= 15 is 0 Å². The Bertz CT molecular complexity index is 1160. The summed E-state index contributed by atoms with van der Waals surface area (Å²) in [5, 5.41) is 0. The maximum Gasteiger partial charge on any atom is 0.410 e. The molecule has 1 spiro atoms. The lowest BCUT2D eigenvalue weighted by Gasteiger charge is -2.37. The molecule has 4 rings (SSSR count). The Morgan fingerprint density at radius 3 is 2.31 bits per heavy atom. The second-order valence-electron chi connectivity index (χ2n) is 9.16. The summed E-state index contributed by atoms with van der Waals surface area (Å²) >= 11 is 0. The Kier molecular flexibility index (Phi) is 5.35. The van der Waals surface area contributed by atoms with Crippen LogP contribution >= 0.6 is 0 Å². The van der Waals surface area contributed by atoms with Crippen LogP contribution in [0.15, 0.2) is 41.3 Å². The number of benzene rings is 2. The third kappa shape index (κ3) is 4.53. The maximum absolute atomic E-state index is 14.6. The van der Waals surface area contributed by atoms with E-state index in [1.807, 2.05) is 20.8 Å². The van der Waals surface area contributed by atoms with Crippen LogP contribution in [0.25, 0.3) is 11.1 Å². The molecule has 0 radical (unpaired) electrons. The summed E-state index contributed by atoms with van der Waals surface area (Å²) in [6.07, 6.45) is 1.61. The van der Waals surface area contributed by atoms with Crippen LogP contribution < -0.4 is 9.47 Å². The number of fused-ring (bicyclic) bond motifs is 1. The van der Waals surface area contributed by atoms with Crippen molar-refractivity contribution < 1.29 is 31.8 Å². The smallest absolute Gasteiger partial charge is 0.410 e. The zero-order valence-electron chi connectivity index (χ0n) is 18.5. The van der Waals surface area contributed by atoms with E-state index in [0.29, 0.717) is 43.0 Å². The second kappa shape index (κ2) is 7.65. The Labute approximate surface area is 187 Å². The molecule has 0 saturated carbocycles. The molecule has 0 aromatic heterocycles. The monoisotopic (exact) mass is 463 g/mol. The minimum absolute atomic E-state index is 0.0739. The predicted octanol–water partition coefficient (Wildman–Crippen LogP) is 4.39. The summed E-state index contributed by atoms with van der Waals surface area (Å²) in [6.45, 7) is 6.33. The van der Waals surface area contributed by atoms with Crippen LogP contribution in [0.1, 0.15) is 33.6 Å². The predicted molar refractivity (Wildman–Crippen MR) is 116 cm³/mol. The van der Waals surface area contributed by atoms with E-state index in [-0.39, 0.29) is 16.6 Å². The van der Waals surface area contributed by atoms with Crippen molar-refractivity contribution in [2.45, 2.75) is 49.9 Å². The third-order valence-corrected chi connectivity index (χ3v) is 6.50. The molecule has 2 heterocycles. The van der Waals surface area contributed by atoms with Gasteiger partial charge in [-0.1, -0.05) is 12.1 Å². The second-order valence-corrected chi connectivity index (χ2v) is 11.2. The fourth-order valence-electron chi connectivity index (χ4n) is 3.78. The average molecular weight is 464 g/mol. The number of ether oxygens (including phenoxy) is 3. The molecule has 0 N–H and O–H groups in total. The molecule has 2 aromatic rings. The molecule has 2 aliphatic rings. The van der Waals surface area contributed by atoms with Crippen molar-refractivity contribution in [1.29, 1.82) is 0 Å². The lowest BCUT2D eigenvalue weighted by Crippen LogP contribution is -2.52. The standard InChI is InChI=1S/C23H26FNO6S/c1-22(2,3)31-21(26)25-11-9-23(10-12-25)29-19-8-5-15(13-20(19)30-23)17-7-6-16(14-18(17)24)32(4,27)28/h5-8,13-14H,9-12H2,1-4H3. The molecule has 32 heavy (non-hydrogen) atoms. The first-order valence-electron chi connectivity index (χ1n) is 10.4. The largest absolute Gasteiger partial charge is 0.448 e. The first-order chi connectivity index (χ1) is 14.9. The number of piperidine rings is 1. The van der Waals surface area contributed by atoms with Crippen LogP contribution in [0.4, 0.5) is 9.18 Å². The maximum atomic E-state index is 14.6. The van der Waals surface area contributed by atoms with Crippen molar-refractivity contribution in [3.8, 4) is 22.6 Å². The highest BCUT2D eigenvalue weighted by Gasteiger charge is 2.45. The Hall–Kier alpha value is -2.81. The Balaban J connectivity index is 1.49. The van der Waals surface area contributed by atoms with E-state index < -0.39 is 27.0 Å². The number of sulfone groups is 1. The third-order valence-electron chi connectivity index (χ3n) is 5.39. The van der Waals surface area contributed by atoms with Gasteiger partial charge in [0.25, 0.3) is 5.79 Å². The van der Waals surface area contributed by atoms with E-state index in [2.05, 4.69) is 0 Å². The minimum atomic E-state index is -3.50. The van der Waals surface area contributed by atoms with Crippen LogP contribution in [-0.2, 0) is 14.6 Å². The number of amides is 1. The number of carbonyl (C=O) groups is 1. The van der Waals surface area contributed by atoms with Crippen molar-refractivity contribution in [1.82, 2.24) is 4.90 Å². The molecular weight excluding hydrogens is 437 g/mol. The molecule has 0 aliphatic carbocycles. The summed E-state index contributed by atoms with van der Waals surface area (Å²) < 4.78 is 55.6. The number of halogens is 1. The van der Waals surface area contributed by atoms with E-state index in [9.17, 15) is 17.6 Å². The SMILES string of the molecule is CC(C)(C)OC(=O)N1CCC2(CC1)Oc1ccc(-c3ccc(S(C)(=O)=O)cc3F)cc1O2. The van der Waals surface area contributed by atoms with Crippen LogP contribution in [0.5, 0.6) is 11.5 Å². The molecule has 172 valence electrons. The number of hydrogen-bond donors (Lipinski definition) is 0. The van der Waals surface area contributed by atoms with Gasteiger partial charge in [0.05, 0.1) is 4.90 Å². The zero-order chi connectivity index (χ0) is 23.3. The molecule has 1 amide bonds.